The summed E-state index contributed by atoms with van der Waals surface area (Å²) in [6.07, 6.45) is 5.69. The molecule has 5 heteroatoms. The van der Waals surface area contributed by atoms with Gasteiger partial charge in [-0.1, -0.05) is 39.8 Å². The van der Waals surface area contributed by atoms with Gasteiger partial charge < -0.3 is 14.9 Å². The maximum Gasteiger partial charge on any atom is 0.225 e. The summed E-state index contributed by atoms with van der Waals surface area (Å²) >= 11 is 0. The number of nitrogens with zero attached hydrogens (tertiary/aromatic N) is 2. The van der Waals surface area contributed by atoms with Crippen LogP contribution in [0.4, 0.5) is 0 Å². The molecule has 2 aliphatic carbocycles. The Morgan fingerprint density at radius 3 is 2.48 bits per heavy atom. The minimum atomic E-state index is -0.0628. The second-order valence-corrected chi connectivity index (χ2v) is 10.7. The number of piperidine rings is 1. The van der Waals surface area contributed by atoms with E-state index < -0.39 is 0 Å². The third-order valence-corrected chi connectivity index (χ3v) is 9.20. The van der Waals surface area contributed by atoms with E-state index in [-0.39, 0.29) is 40.6 Å². The van der Waals surface area contributed by atoms with Crippen LogP contribution in [0.5, 0.6) is 5.75 Å². The Balaban J connectivity index is 1.53. The highest BCUT2D eigenvalue weighted by Gasteiger charge is 2.57. The highest BCUT2D eigenvalue weighted by atomic mass is 16.3. The molecule has 4 rings (SSSR count). The first kappa shape index (κ1) is 22.2. The molecule has 0 radical (unpaired) electrons. The number of likely N-dealkylation sites (tertiary alicyclic amines) is 1. The van der Waals surface area contributed by atoms with E-state index in [4.69, 9.17) is 0 Å². The maximum atomic E-state index is 13.7. The Hall–Kier alpha value is -2.04. The van der Waals surface area contributed by atoms with Crippen molar-refractivity contribution in [2.24, 2.45) is 11.3 Å². The van der Waals surface area contributed by atoms with Crippen molar-refractivity contribution in [3.63, 3.8) is 0 Å². The molecule has 2 fully saturated rings. The van der Waals surface area contributed by atoms with Gasteiger partial charge in [-0.3, -0.25) is 9.59 Å². The molecule has 2 bridgehead atoms. The lowest BCUT2D eigenvalue weighted by Crippen LogP contribution is -2.65. The zero-order valence-corrected chi connectivity index (χ0v) is 19.8. The van der Waals surface area contributed by atoms with Crippen LogP contribution in [0.15, 0.2) is 18.2 Å². The van der Waals surface area contributed by atoms with Gasteiger partial charge in [0.2, 0.25) is 11.8 Å². The van der Waals surface area contributed by atoms with Crippen molar-refractivity contribution in [1.82, 2.24) is 9.80 Å². The number of amides is 2. The van der Waals surface area contributed by atoms with Gasteiger partial charge >= 0.3 is 0 Å². The van der Waals surface area contributed by atoms with E-state index in [1.54, 1.807) is 6.07 Å². The van der Waals surface area contributed by atoms with Crippen LogP contribution < -0.4 is 0 Å². The monoisotopic (exact) mass is 426 g/mol. The molecule has 1 aromatic carbocycles. The molecular formula is C26H38N2O3. The molecule has 0 spiro atoms. The van der Waals surface area contributed by atoms with Crippen LogP contribution in [0.2, 0.25) is 0 Å². The fourth-order valence-electron chi connectivity index (χ4n) is 6.59. The summed E-state index contributed by atoms with van der Waals surface area (Å²) in [6, 6.07) is 6.25. The minimum Gasteiger partial charge on any atom is -0.508 e. The number of carbonyl (C=O) groups excluding carboxylic acids is 2. The van der Waals surface area contributed by atoms with Gasteiger partial charge in [0.15, 0.2) is 0 Å². The predicted octanol–water partition coefficient (Wildman–Crippen LogP) is 4.26. The van der Waals surface area contributed by atoms with Crippen LogP contribution in [-0.4, -0.2) is 52.4 Å². The Morgan fingerprint density at radius 2 is 1.84 bits per heavy atom. The van der Waals surface area contributed by atoms with Gasteiger partial charge in [-0.05, 0) is 61.1 Å². The van der Waals surface area contributed by atoms with Crippen molar-refractivity contribution < 1.29 is 14.7 Å². The number of phenolic OH excluding ortho intramolecular Hbond substituents is 1. The van der Waals surface area contributed by atoms with Crippen molar-refractivity contribution in [3.8, 4) is 5.75 Å². The number of phenols is 1. The fourth-order valence-corrected chi connectivity index (χ4v) is 6.59. The van der Waals surface area contributed by atoms with Crippen molar-refractivity contribution in [2.75, 3.05) is 13.6 Å². The van der Waals surface area contributed by atoms with E-state index in [1.165, 1.54) is 5.56 Å². The van der Waals surface area contributed by atoms with E-state index in [0.29, 0.717) is 12.2 Å². The molecule has 1 saturated heterocycles. The zero-order chi connectivity index (χ0) is 22.6. The van der Waals surface area contributed by atoms with Gasteiger partial charge in [0.25, 0.3) is 0 Å². The van der Waals surface area contributed by atoms with Crippen LogP contribution >= 0.6 is 0 Å². The van der Waals surface area contributed by atoms with Crippen LogP contribution in [0.3, 0.4) is 0 Å². The highest BCUT2D eigenvalue weighted by Crippen LogP contribution is 2.57. The number of benzene rings is 1. The summed E-state index contributed by atoms with van der Waals surface area (Å²) in [7, 11) is 1.90. The van der Waals surface area contributed by atoms with E-state index in [0.717, 1.165) is 50.6 Å². The van der Waals surface area contributed by atoms with Gasteiger partial charge in [0.1, 0.15) is 5.75 Å². The molecule has 1 N–H and O–H groups in total. The first-order valence-electron chi connectivity index (χ1n) is 12.0. The third-order valence-electron chi connectivity index (χ3n) is 9.20. The second-order valence-electron chi connectivity index (χ2n) is 10.7. The van der Waals surface area contributed by atoms with Crippen LogP contribution in [0.1, 0.15) is 77.3 Å². The van der Waals surface area contributed by atoms with Gasteiger partial charge in [-0.25, -0.2) is 0 Å². The van der Waals surface area contributed by atoms with Crippen molar-refractivity contribution in [2.45, 2.75) is 90.1 Å². The molecule has 2 atom stereocenters. The summed E-state index contributed by atoms with van der Waals surface area (Å²) in [4.78, 5) is 29.8. The summed E-state index contributed by atoms with van der Waals surface area (Å²) in [5, 5.41) is 10.6. The first-order chi connectivity index (χ1) is 14.6. The number of hydrogen-bond donors (Lipinski definition) is 1. The lowest BCUT2D eigenvalue weighted by atomic mass is 9.51. The van der Waals surface area contributed by atoms with Crippen molar-refractivity contribution in [3.05, 3.63) is 29.3 Å². The molecule has 5 nitrogen and oxygen atoms in total. The Morgan fingerprint density at radius 1 is 1.16 bits per heavy atom. The molecule has 1 aliphatic heterocycles. The standard InChI is InChI=1S/C26H38N2O3/c1-6-23(30)27(5)18-12-10-17(11-13-18)24(31)28-15-14-26(4)20-8-7-9-21(29)19(20)16-22(28)25(26,2)3/h7-9,17-18,22,29H,6,10-16H2,1-5H3/t17-,18+,22-,26+/m1/s1. The summed E-state index contributed by atoms with van der Waals surface area (Å²) in [5.41, 5.74) is 2.16. The molecule has 1 heterocycles. The average Bonchev–Trinajstić information content (AvgIpc) is 2.75. The molecule has 0 aromatic heterocycles. The normalized spacial score (nSPS) is 31.6. The number of aromatic hydroxyl groups is 1. The number of hydrogen-bond acceptors (Lipinski definition) is 3. The van der Waals surface area contributed by atoms with Gasteiger partial charge in [0.05, 0.1) is 0 Å². The molecular weight excluding hydrogens is 388 g/mol. The number of rotatable bonds is 3. The smallest absolute Gasteiger partial charge is 0.225 e. The third kappa shape index (κ3) is 3.35. The molecule has 2 amide bonds. The Kier molecular flexibility index (Phi) is 5.60. The average molecular weight is 427 g/mol. The van der Waals surface area contributed by atoms with Gasteiger partial charge in [-0.15, -0.1) is 0 Å². The van der Waals surface area contributed by atoms with E-state index in [9.17, 15) is 14.7 Å². The molecule has 1 saturated carbocycles. The predicted molar refractivity (Wildman–Crippen MR) is 122 cm³/mol. The van der Waals surface area contributed by atoms with Crippen LogP contribution in [0.25, 0.3) is 0 Å². The SMILES string of the molecule is CCC(=O)N(C)[C@H]1CC[C@@H](C(=O)N2CC[C@@]3(C)c4cccc(O)c4C[C@@H]2C3(C)C)CC1. The molecule has 3 aliphatic rings. The summed E-state index contributed by atoms with van der Waals surface area (Å²) < 4.78 is 0. The maximum absolute atomic E-state index is 13.7. The lowest BCUT2D eigenvalue weighted by Gasteiger charge is -2.61. The van der Waals surface area contributed by atoms with Gasteiger partial charge in [-0.2, -0.15) is 0 Å². The summed E-state index contributed by atoms with van der Waals surface area (Å²) in [5.74, 6) is 0.879. The van der Waals surface area contributed by atoms with Gasteiger partial charge in [0, 0.05) is 43.4 Å². The van der Waals surface area contributed by atoms with Crippen LogP contribution in [-0.2, 0) is 21.4 Å². The molecule has 170 valence electrons. The molecule has 31 heavy (non-hydrogen) atoms. The molecule has 1 aromatic rings. The highest BCUT2D eigenvalue weighted by molar-refractivity contribution is 5.80. The number of carbonyl (C=O) groups is 2. The fraction of sp³-hybridized carbons (Fsp3) is 0.692. The Bertz CT molecular complexity index is 871. The van der Waals surface area contributed by atoms with E-state index in [1.807, 2.05) is 24.9 Å². The van der Waals surface area contributed by atoms with E-state index in [2.05, 4.69) is 31.7 Å². The van der Waals surface area contributed by atoms with Crippen LogP contribution in [0, 0.1) is 11.3 Å². The molecule has 0 unspecified atom stereocenters. The largest absolute Gasteiger partial charge is 0.508 e. The first-order valence-corrected chi connectivity index (χ1v) is 12.0. The van der Waals surface area contributed by atoms with Crippen molar-refractivity contribution in [1.29, 1.82) is 0 Å². The Labute approximate surface area is 186 Å². The topological polar surface area (TPSA) is 60.9 Å². The van der Waals surface area contributed by atoms with E-state index >= 15 is 0 Å². The second kappa shape index (κ2) is 7.83. The number of fused-ring (bicyclic) bond motifs is 4. The minimum absolute atomic E-state index is 0.0484. The summed E-state index contributed by atoms with van der Waals surface area (Å²) in [6.45, 7) is 9.59. The van der Waals surface area contributed by atoms with Crippen molar-refractivity contribution >= 4 is 11.8 Å². The quantitative estimate of drug-likeness (QED) is 0.786. The lowest BCUT2D eigenvalue weighted by molar-refractivity contribution is -0.149. The zero-order valence-electron chi connectivity index (χ0n) is 19.8.